The van der Waals surface area contributed by atoms with Gasteiger partial charge in [0.1, 0.15) is 11.3 Å². The van der Waals surface area contributed by atoms with E-state index in [1.54, 1.807) is 26.3 Å². The summed E-state index contributed by atoms with van der Waals surface area (Å²) in [4.78, 5) is 30.1. The van der Waals surface area contributed by atoms with Gasteiger partial charge in [0.05, 0.1) is 36.3 Å². The van der Waals surface area contributed by atoms with Gasteiger partial charge in [0, 0.05) is 43.8 Å². The van der Waals surface area contributed by atoms with E-state index in [4.69, 9.17) is 15.2 Å². The van der Waals surface area contributed by atoms with Crippen molar-refractivity contribution in [1.29, 1.82) is 0 Å². The van der Waals surface area contributed by atoms with Gasteiger partial charge in [-0.2, -0.15) is 0 Å². The number of nitrogens with zero attached hydrogens (tertiary/aromatic N) is 3. The summed E-state index contributed by atoms with van der Waals surface area (Å²) in [6.07, 6.45) is 3.72. The number of fused-ring (bicyclic) bond motifs is 1. The normalized spacial score (nSPS) is 16.1. The number of pyridine rings is 1. The maximum atomic E-state index is 13.1. The highest BCUT2D eigenvalue weighted by molar-refractivity contribution is 5.96. The summed E-state index contributed by atoms with van der Waals surface area (Å²) in [6.45, 7) is 5.20. The Labute approximate surface area is 198 Å². The molecule has 0 bridgehead atoms. The number of nitrogens with two attached hydrogens (primary N) is 1. The summed E-state index contributed by atoms with van der Waals surface area (Å²) in [5.74, 6) is 0.283. The Hall–Kier alpha value is -3.68. The highest BCUT2D eigenvalue weighted by Crippen LogP contribution is 2.39. The first-order chi connectivity index (χ1) is 16.5. The molecular weight excluding hydrogens is 432 g/mol. The Morgan fingerprint density at radius 1 is 1.06 bits per heavy atom. The lowest BCUT2D eigenvalue weighted by Gasteiger charge is -2.38. The third-order valence-corrected chi connectivity index (χ3v) is 6.66. The number of hydrogen-bond acceptors (Lipinski definition) is 7. The predicted octanol–water partition coefficient (Wildman–Crippen LogP) is 3.43. The van der Waals surface area contributed by atoms with Crippen LogP contribution in [0, 0.1) is 0 Å². The highest BCUT2D eigenvalue weighted by atomic mass is 16.5. The van der Waals surface area contributed by atoms with Gasteiger partial charge in [-0.05, 0) is 44.0 Å². The van der Waals surface area contributed by atoms with Crippen molar-refractivity contribution in [2.45, 2.75) is 25.8 Å². The number of para-hydroxylation sites is 2. The molecule has 1 aromatic heterocycles. The first-order valence-electron chi connectivity index (χ1n) is 11.8. The Morgan fingerprint density at radius 2 is 1.74 bits per heavy atom. The smallest absolute Gasteiger partial charge is 0.343 e. The third kappa shape index (κ3) is 3.93. The summed E-state index contributed by atoms with van der Waals surface area (Å²) in [5.41, 5.74) is 9.57. The average molecular weight is 463 g/mol. The maximum Gasteiger partial charge on any atom is 0.343 e. The van der Waals surface area contributed by atoms with Crippen LogP contribution in [-0.2, 0) is 4.74 Å². The molecule has 2 fully saturated rings. The van der Waals surface area contributed by atoms with E-state index in [0.717, 1.165) is 61.7 Å². The second-order valence-electron chi connectivity index (χ2n) is 8.80. The molecule has 2 heterocycles. The molecule has 1 aliphatic carbocycles. The zero-order chi connectivity index (χ0) is 23.8. The van der Waals surface area contributed by atoms with E-state index in [9.17, 15) is 9.59 Å². The van der Waals surface area contributed by atoms with Crippen LogP contribution >= 0.6 is 0 Å². The first kappa shape index (κ1) is 22.1. The number of methoxy groups -OCH3 is 1. The molecule has 3 aromatic rings. The van der Waals surface area contributed by atoms with Crippen LogP contribution in [0.3, 0.4) is 0 Å². The van der Waals surface area contributed by atoms with E-state index < -0.39 is 5.97 Å². The van der Waals surface area contributed by atoms with Crippen molar-refractivity contribution >= 4 is 33.9 Å². The Morgan fingerprint density at radius 3 is 2.38 bits per heavy atom. The quantitative estimate of drug-likeness (QED) is 0.443. The van der Waals surface area contributed by atoms with Gasteiger partial charge in [0.25, 0.3) is 0 Å². The SMILES string of the molecule is CCOC(=O)c1cn(C2CC2)c2cc(N3CCN(c4ccccc4OC)CC3)c(N)cc2c1=O. The minimum atomic E-state index is -0.584. The zero-order valence-electron chi connectivity index (χ0n) is 19.6. The Bertz CT molecular complexity index is 1290. The number of carbonyl (C=O) groups is 1. The van der Waals surface area contributed by atoms with E-state index in [1.807, 2.05) is 24.3 Å². The van der Waals surface area contributed by atoms with Crippen molar-refractivity contribution in [3.05, 3.63) is 58.4 Å². The number of rotatable bonds is 6. The zero-order valence-corrected chi connectivity index (χ0v) is 19.6. The van der Waals surface area contributed by atoms with Crippen LogP contribution in [0.25, 0.3) is 10.9 Å². The standard InChI is InChI=1S/C26H30N4O4/c1-3-34-26(32)19-16-30(17-8-9-17)22-15-23(20(27)14-18(22)25(19)31)29-12-10-28(11-13-29)21-6-4-5-7-24(21)33-2/h4-7,14-17H,3,8-13,27H2,1-2H3. The molecule has 2 aromatic carbocycles. The van der Waals surface area contributed by atoms with E-state index in [2.05, 4.69) is 20.4 Å². The first-order valence-corrected chi connectivity index (χ1v) is 11.8. The van der Waals surface area contributed by atoms with Crippen LogP contribution < -0.4 is 25.7 Å². The molecule has 2 N–H and O–H groups in total. The molecule has 0 spiro atoms. The molecule has 0 amide bonds. The molecule has 1 aliphatic heterocycles. The fourth-order valence-electron chi connectivity index (χ4n) is 4.76. The van der Waals surface area contributed by atoms with Crippen molar-refractivity contribution in [1.82, 2.24) is 4.57 Å². The number of benzene rings is 2. The van der Waals surface area contributed by atoms with Crippen molar-refractivity contribution in [2.24, 2.45) is 0 Å². The van der Waals surface area contributed by atoms with Gasteiger partial charge in [-0.3, -0.25) is 4.79 Å². The summed E-state index contributed by atoms with van der Waals surface area (Å²) in [5, 5.41) is 0.464. The monoisotopic (exact) mass is 462 g/mol. The molecule has 0 unspecified atom stereocenters. The van der Waals surface area contributed by atoms with Crippen LogP contribution in [-0.4, -0.2) is 50.4 Å². The van der Waals surface area contributed by atoms with E-state index >= 15 is 0 Å². The Balaban J connectivity index is 1.48. The molecule has 1 saturated heterocycles. The molecule has 2 aliphatic rings. The second kappa shape index (κ2) is 8.93. The minimum absolute atomic E-state index is 0.0684. The number of nitrogen functional groups attached to an aromatic ring is 1. The fourth-order valence-corrected chi connectivity index (χ4v) is 4.76. The van der Waals surface area contributed by atoms with Crippen molar-refractivity contribution in [3.8, 4) is 5.75 Å². The molecule has 8 heteroatoms. The van der Waals surface area contributed by atoms with Gasteiger partial charge in [0.2, 0.25) is 5.43 Å². The summed E-state index contributed by atoms with van der Waals surface area (Å²) in [6, 6.07) is 12.1. The Kier molecular flexibility index (Phi) is 5.81. The van der Waals surface area contributed by atoms with E-state index in [1.165, 1.54) is 0 Å². The van der Waals surface area contributed by atoms with Gasteiger partial charge in [-0.25, -0.2) is 4.79 Å². The molecule has 0 radical (unpaired) electrons. The molecule has 0 atom stereocenters. The predicted molar refractivity (Wildman–Crippen MR) is 134 cm³/mol. The van der Waals surface area contributed by atoms with Crippen LogP contribution in [0.4, 0.5) is 17.1 Å². The number of aromatic nitrogens is 1. The van der Waals surface area contributed by atoms with E-state index in [0.29, 0.717) is 11.1 Å². The second-order valence-corrected chi connectivity index (χ2v) is 8.80. The number of carbonyl (C=O) groups excluding carboxylic acids is 1. The topological polar surface area (TPSA) is 90.0 Å². The summed E-state index contributed by atoms with van der Waals surface area (Å²) < 4.78 is 12.7. The van der Waals surface area contributed by atoms with Crippen molar-refractivity contribution < 1.29 is 14.3 Å². The average Bonchev–Trinajstić information content (AvgIpc) is 3.70. The minimum Gasteiger partial charge on any atom is -0.495 e. The van der Waals surface area contributed by atoms with Crippen LogP contribution in [0.1, 0.15) is 36.2 Å². The lowest BCUT2D eigenvalue weighted by molar-refractivity contribution is 0.0524. The third-order valence-electron chi connectivity index (χ3n) is 6.66. The highest BCUT2D eigenvalue weighted by Gasteiger charge is 2.28. The van der Waals surface area contributed by atoms with Gasteiger partial charge in [-0.15, -0.1) is 0 Å². The van der Waals surface area contributed by atoms with E-state index in [-0.39, 0.29) is 23.6 Å². The lowest BCUT2D eigenvalue weighted by Crippen LogP contribution is -2.46. The van der Waals surface area contributed by atoms with Crippen molar-refractivity contribution in [3.63, 3.8) is 0 Å². The van der Waals surface area contributed by atoms with Crippen LogP contribution in [0.5, 0.6) is 5.75 Å². The number of anilines is 3. The summed E-state index contributed by atoms with van der Waals surface area (Å²) in [7, 11) is 1.69. The number of piperazine rings is 1. The largest absolute Gasteiger partial charge is 0.495 e. The number of hydrogen-bond donors (Lipinski definition) is 1. The molecule has 34 heavy (non-hydrogen) atoms. The molecule has 5 rings (SSSR count). The molecule has 8 nitrogen and oxygen atoms in total. The van der Waals surface area contributed by atoms with Crippen molar-refractivity contribution in [2.75, 3.05) is 55.4 Å². The molecular formula is C26H30N4O4. The van der Waals surface area contributed by atoms with Gasteiger partial charge in [0.15, 0.2) is 0 Å². The van der Waals surface area contributed by atoms with Gasteiger partial charge >= 0.3 is 5.97 Å². The van der Waals surface area contributed by atoms with Gasteiger partial charge < -0.3 is 29.6 Å². The lowest BCUT2D eigenvalue weighted by atomic mass is 10.1. The number of esters is 1. The number of ether oxygens (including phenoxy) is 2. The van der Waals surface area contributed by atoms with Crippen LogP contribution in [0.2, 0.25) is 0 Å². The maximum absolute atomic E-state index is 13.1. The van der Waals surface area contributed by atoms with Gasteiger partial charge in [-0.1, -0.05) is 12.1 Å². The molecule has 178 valence electrons. The van der Waals surface area contributed by atoms with Crippen LogP contribution in [0.15, 0.2) is 47.4 Å². The molecule has 1 saturated carbocycles. The fraction of sp³-hybridized carbons (Fsp3) is 0.385. The summed E-state index contributed by atoms with van der Waals surface area (Å²) >= 11 is 0.